The SMILES string of the molecule is Cc1ccc(Cn2nc(C)c(C(=O)NNC(=O)COc3ccccc3-c3ccccc3)c2Cl)cc1. The van der Waals surface area contributed by atoms with Crippen LogP contribution in [-0.4, -0.2) is 28.2 Å². The van der Waals surface area contributed by atoms with Crippen molar-refractivity contribution in [2.75, 3.05) is 6.61 Å². The number of para-hydroxylation sites is 1. The van der Waals surface area contributed by atoms with Gasteiger partial charge in [0, 0.05) is 5.56 Å². The van der Waals surface area contributed by atoms with Crippen molar-refractivity contribution >= 4 is 23.4 Å². The molecule has 8 heteroatoms. The van der Waals surface area contributed by atoms with E-state index in [2.05, 4.69) is 16.0 Å². The molecule has 0 aliphatic carbocycles. The zero-order valence-corrected chi connectivity index (χ0v) is 20.2. The number of hydrogen-bond donors (Lipinski definition) is 2. The van der Waals surface area contributed by atoms with Gasteiger partial charge in [0.2, 0.25) is 0 Å². The second-order valence-electron chi connectivity index (χ2n) is 8.05. The summed E-state index contributed by atoms with van der Waals surface area (Å²) in [5.74, 6) is -0.501. The molecule has 4 aromatic rings. The smallest absolute Gasteiger partial charge is 0.276 e. The van der Waals surface area contributed by atoms with E-state index in [9.17, 15) is 9.59 Å². The van der Waals surface area contributed by atoms with Crippen LogP contribution in [0.4, 0.5) is 0 Å². The van der Waals surface area contributed by atoms with Crippen molar-refractivity contribution in [2.24, 2.45) is 0 Å². The van der Waals surface area contributed by atoms with Crippen LogP contribution in [0, 0.1) is 13.8 Å². The Morgan fingerprint density at radius 1 is 0.914 bits per heavy atom. The molecule has 0 unspecified atom stereocenters. The van der Waals surface area contributed by atoms with Crippen molar-refractivity contribution in [3.8, 4) is 16.9 Å². The van der Waals surface area contributed by atoms with E-state index in [1.165, 1.54) is 0 Å². The highest BCUT2D eigenvalue weighted by Crippen LogP contribution is 2.29. The summed E-state index contributed by atoms with van der Waals surface area (Å²) in [6.45, 7) is 3.86. The summed E-state index contributed by atoms with van der Waals surface area (Å²) in [6, 6.07) is 25.2. The Kier molecular flexibility index (Phi) is 7.48. The molecule has 0 saturated heterocycles. The Morgan fingerprint density at radius 3 is 2.34 bits per heavy atom. The van der Waals surface area contributed by atoms with Gasteiger partial charge >= 0.3 is 0 Å². The number of ether oxygens (including phenoxy) is 1. The first-order valence-corrected chi connectivity index (χ1v) is 11.4. The van der Waals surface area contributed by atoms with Crippen LogP contribution < -0.4 is 15.6 Å². The van der Waals surface area contributed by atoms with Gasteiger partial charge in [-0.1, -0.05) is 90.0 Å². The minimum absolute atomic E-state index is 0.197. The number of carbonyl (C=O) groups excluding carboxylic acids is 2. The van der Waals surface area contributed by atoms with E-state index in [0.29, 0.717) is 18.0 Å². The normalized spacial score (nSPS) is 10.6. The fraction of sp³-hybridized carbons (Fsp3) is 0.148. The molecule has 0 saturated carbocycles. The number of hydrazine groups is 1. The highest BCUT2D eigenvalue weighted by Gasteiger charge is 2.21. The van der Waals surface area contributed by atoms with E-state index >= 15 is 0 Å². The molecule has 3 aromatic carbocycles. The average Bonchev–Trinajstić information content (AvgIpc) is 3.15. The van der Waals surface area contributed by atoms with Gasteiger partial charge < -0.3 is 4.74 Å². The standard InChI is InChI=1S/C27H25ClN4O3/c1-18-12-14-20(15-13-18)16-32-26(28)25(19(2)31-32)27(34)30-29-24(33)17-35-23-11-7-6-10-22(23)21-8-4-3-5-9-21/h3-15H,16-17H2,1-2H3,(H,29,33)(H,30,34). The molecule has 0 fully saturated rings. The summed E-state index contributed by atoms with van der Waals surface area (Å²) >= 11 is 6.44. The van der Waals surface area contributed by atoms with Gasteiger partial charge in [0.25, 0.3) is 11.8 Å². The molecule has 35 heavy (non-hydrogen) atoms. The van der Waals surface area contributed by atoms with E-state index in [4.69, 9.17) is 16.3 Å². The van der Waals surface area contributed by atoms with Crippen molar-refractivity contribution in [1.82, 2.24) is 20.6 Å². The summed E-state index contributed by atoms with van der Waals surface area (Å²) < 4.78 is 7.27. The summed E-state index contributed by atoms with van der Waals surface area (Å²) in [7, 11) is 0. The van der Waals surface area contributed by atoms with Crippen LogP contribution in [0.15, 0.2) is 78.9 Å². The summed E-state index contributed by atoms with van der Waals surface area (Å²) in [4.78, 5) is 25.0. The molecule has 0 aliphatic heterocycles. The predicted molar refractivity (Wildman–Crippen MR) is 135 cm³/mol. The maximum Gasteiger partial charge on any atom is 0.276 e. The highest BCUT2D eigenvalue weighted by atomic mass is 35.5. The lowest BCUT2D eigenvalue weighted by molar-refractivity contribution is -0.123. The van der Waals surface area contributed by atoms with Crippen LogP contribution in [0.1, 0.15) is 27.2 Å². The Bertz CT molecular complexity index is 1330. The molecule has 0 aliphatic rings. The lowest BCUT2D eigenvalue weighted by Gasteiger charge is -2.12. The van der Waals surface area contributed by atoms with Crippen LogP contribution in [0.25, 0.3) is 11.1 Å². The predicted octanol–water partition coefficient (Wildman–Crippen LogP) is 4.71. The number of aryl methyl sites for hydroxylation is 2. The largest absolute Gasteiger partial charge is 0.483 e. The van der Waals surface area contributed by atoms with Gasteiger partial charge in [-0.15, -0.1) is 0 Å². The Labute approximate surface area is 208 Å². The molecule has 0 radical (unpaired) electrons. The van der Waals surface area contributed by atoms with Gasteiger partial charge in [-0.25, -0.2) is 4.68 Å². The van der Waals surface area contributed by atoms with Crippen molar-refractivity contribution in [1.29, 1.82) is 0 Å². The van der Waals surface area contributed by atoms with Crippen molar-refractivity contribution in [2.45, 2.75) is 20.4 Å². The molecule has 0 bridgehead atoms. The number of rotatable bonds is 7. The molecule has 1 aromatic heterocycles. The van der Waals surface area contributed by atoms with Crippen LogP contribution in [0.2, 0.25) is 5.15 Å². The van der Waals surface area contributed by atoms with Crippen molar-refractivity contribution in [3.63, 3.8) is 0 Å². The fourth-order valence-electron chi connectivity index (χ4n) is 3.60. The van der Waals surface area contributed by atoms with Crippen LogP contribution in [-0.2, 0) is 11.3 Å². The minimum atomic E-state index is -0.555. The maximum absolute atomic E-state index is 12.7. The van der Waals surface area contributed by atoms with Crippen LogP contribution >= 0.6 is 11.6 Å². The third-order valence-corrected chi connectivity index (χ3v) is 5.78. The number of halogens is 1. The summed E-state index contributed by atoms with van der Waals surface area (Å²) in [5, 5.41) is 4.57. The van der Waals surface area contributed by atoms with Gasteiger partial charge in [0.05, 0.1) is 12.2 Å². The van der Waals surface area contributed by atoms with E-state index in [-0.39, 0.29) is 17.3 Å². The first-order chi connectivity index (χ1) is 16.9. The Morgan fingerprint density at radius 2 is 1.60 bits per heavy atom. The zero-order chi connectivity index (χ0) is 24.8. The first-order valence-electron chi connectivity index (χ1n) is 11.1. The molecular weight excluding hydrogens is 464 g/mol. The van der Waals surface area contributed by atoms with Gasteiger partial charge in [0.15, 0.2) is 6.61 Å². The number of amides is 2. The molecule has 0 atom stereocenters. The molecular formula is C27H25ClN4O3. The number of hydrogen-bond acceptors (Lipinski definition) is 4. The zero-order valence-electron chi connectivity index (χ0n) is 19.4. The number of nitrogens with one attached hydrogen (secondary N) is 2. The topological polar surface area (TPSA) is 85.3 Å². The summed E-state index contributed by atoms with van der Waals surface area (Å²) in [6.07, 6.45) is 0. The van der Waals surface area contributed by atoms with Gasteiger partial charge in [-0.05, 0) is 31.0 Å². The third-order valence-electron chi connectivity index (χ3n) is 5.39. The number of benzene rings is 3. The molecule has 7 nitrogen and oxygen atoms in total. The molecule has 4 rings (SSSR count). The fourth-order valence-corrected chi connectivity index (χ4v) is 3.92. The number of aromatic nitrogens is 2. The van der Waals surface area contributed by atoms with E-state index in [1.807, 2.05) is 79.7 Å². The second kappa shape index (κ2) is 10.9. The van der Waals surface area contributed by atoms with Gasteiger partial charge in [0.1, 0.15) is 16.5 Å². The molecule has 2 amide bonds. The maximum atomic E-state index is 12.7. The number of nitrogens with zero attached hydrogens (tertiary/aromatic N) is 2. The highest BCUT2D eigenvalue weighted by molar-refractivity contribution is 6.33. The quantitative estimate of drug-likeness (QED) is 0.369. The van der Waals surface area contributed by atoms with E-state index < -0.39 is 11.8 Å². The molecule has 2 N–H and O–H groups in total. The summed E-state index contributed by atoms with van der Waals surface area (Å²) in [5.41, 5.74) is 9.43. The lowest BCUT2D eigenvalue weighted by Crippen LogP contribution is -2.44. The third kappa shape index (κ3) is 5.88. The van der Waals surface area contributed by atoms with Gasteiger partial charge in [-0.3, -0.25) is 20.4 Å². The van der Waals surface area contributed by atoms with Crippen LogP contribution in [0.5, 0.6) is 5.75 Å². The Hall–Kier alpha value is -4.10. The van der Waals surface area contributed by atoms with Crippen molar-refractivity contribution in [3.05, 3.63) is 106 Å². The van der Waals surface area contributed by atoms with E-state index in [0.717, 1.165) is 22.3 Å². The Balaban J connectivity index is 1.35. The van der Waals surface area contributed by atoms with E-state index in [1.54, 1.807) is 17.7 Å². The number of carbonyl (C=O) groups is 2. The van der Waals surface area contributed by atoms with Gasteiger partial charge in [-0.2, -0.15) is 5.10 Å². The average molecular weight is 489 g/mol. The molecule has 178 valence electrons. The van der Waals surface area contributed by atoms with Crippen molar-refractivity contribution < 1.29 is 14.3 Å². The monoisotopic (exact) mass is 488 g/mol. The molecule has 0 spiro atoms. The first kappa shape index (κ1) is 24.0. The minimum Gasteiger partial charge on any atom is -0.483 e. The molecule has 1 heterocycles. The lowest BCUT2D eigenvalue weighted by atomic mass is 10.1. The van der Waals surface area contributed by atoms with Crippen LogP contribution in [0.3, 0.4) is 0 Å². The second-order valence-corrected chi connectivity index (χ2v) is 8.41.